The van der Waals surface area contributed by atoms with E-state index in [1.54, 1.807) is 0 Å². The van der Waals surface area contributed by atoms with Gasteiger partial charge in [0.1, 0.15) is 0 Å². The summed E-state index contributed by atoms with van der Waals surface area (Å²) >= 11 is 0. The summed E-state index contributed by atoms with van der Waals surface area (Å²) in [6.45, 7) is 6.82. The van der Waals surface area contributed by atoms with Gasteiger partial charge in [0.05, 0.1) is 0 Å². The topological polar surface area (TPSA) is 12.0 Å². The van der Waals surface area contributed by atoms with Crippen LogP contribution in [-0.4, -0.2) is 11.6 Å². The Morgan fingerprint density at radius 2 is 1.62 bits per heavy atom. The van der Waals surface area contributed by atoms with Crippen LogP contribution < -0.4 is 5.32 Å². The summed E-state index contributed by atoms with van der Waals surface area (Å²) in [6, 6.07) is 0.626. The van der Waals surface area contributed by atoms with Crippen molar-refractivity contribution in [1.29, 1.82) is 0 Å². The highest BCUT2D eigenvalue weighted by Crippen LogP contribution is 2.62. The van der Waals surface area contributed by atoms with E-state index in [2.05, 4.69) is 38.2 Å². The van der Waals surface area contributed by atoms with E-state index in [1.807, 2.05) is 0 Å². The van der Waals surface area contributed by atoms with Crippen molar-refractivity contribution < 1.29 is 0 Å². The van der Waals surface area contributed by atoms with Crippen molar-refractivity contribution in [3.8, 4) is 0 Å². The van der Waals surface area contributed by atoms with Gasteiger partial charge >= 0.3 is 0 Å². The predicted molar refractivity (Wildman–Crippen MR) is 68.3 cm³/mol. The number of nitrogens with one attached hydrogen (secondary N) is 1. The summed E-state index contributed by atoms with van der Waals surface area (Å²) in [6.07, 6.45) is 12.4. The maximum Gasteiger partial charge on any atom is 0.0263 e. The molecule has 0 aromatic heterocycles. The molecule has 90 valence electrons. The molecule has 1 atom stereocenters. The molecular formula is C15H25N. The van der Waals surface area contributed by atoms with E-state index in [1.165, 1.54) is 32.1 Å². The average Bonchev–Trinajstić information content (AvgIpc) is 3.04. The number of hydrogen-bond acceptors (Lipinski definition) is 1. The van der Waals surface area contributed by atoms with Crippen molar-refractivity contribution in [2.75, 3.05) is 0 Å². The molecule has 16 heavy (non-hydrogen) atoms. The fourth-order valence-electron chi connectivity index (χ4n) is 3.65. The van der Waals surface area contributed by atoms with Gasteiger partial charge < -0.3 is 5.32 Å². The lowest BCUT2D eigenvalue weighted by atomic mass is 9.76. The first-order valence-corrected chi connectivity index (χ1v) is 6.97. The largest absolute Gasteiger partial charge is 0.306 e. The molecular weight excluding hydrogens is 194 g/mol. The number of hydrogen-bond donors (Lipinski definition) is 1. The van der Waals surface area contributed by atoms with E-state index in [0.29, 0.717) is 11.5 Å². The van der Waals surface area contributed by atoms with Crippen molar-refractivity contribution in [3.63, 3.8) is 0 Å². The third kappa shape index (κ3) is 1.95. The quantitative estimate of drug-likeness (QED) is 0.716. The second-order valence-corrected chi connectivity index (χ2v) is 7.22. The summed E-state index contributed by atoms with van der Waals surface area (Å²) in [5.74, 6) is 2.06. The Morgan fingerprint density at radius 3 is 2.06 bits per heavy atom. The Labute approximate surface area is 99.7 Å². The molecule has 0 radical (unpaired) electrons. The minimum atomic E-state index is 0.248. The standard InChI is InChI=1S/C15H25N/c1-14(2,3)16-13-8-9-15(10-13,11-4-5-11)12-6-7-12/h8-9,11-13,16H,4-7,10H2,1-3H3. The molecule has 1 heteroatoms. The smallest absolute Gasteiger partial charge is 0.0263 e. The van der Waals surface area contributed by atoms with Gasteiger partial charge in [-0.3, -0.25) is 0 Å². The van der Waals surface area contributed by atoms with Crippen molar-refractivity contribution in [2.24, 2.45) is 17.3 Å². The van der Waals surface area contributed by atoms with Crippen LogP contribution in [0.2, 0.25) is 0 Å². The molecule has 0 aliphatic heterocycles. The highest BCUT2D eigenvalue weighted by atomic mass is 15.0. The second kappa shape index (κ2) is 3.35. The van der Waals surface area contributed by atoms with Gasteiger partial charge in [0, 0.05) is 11.6 Å². The van der Waals surface area contributed by atoms with Crippen LogP contribution in [0.1, 0.15) is 52.9 Å². The fourth-order valence-corrected chi connectivity index (χ4v) is 3.65. The molecule has 0 spiro atoms. The molecule has 0 aromatic rings. The lowest BCUT2D eigenvalue weighted by molar-refractivity contribution is 0.238. The van der Waals surface area contributed by atoms with Gasteiger partial charge in [-0.1, -0.05) is 12.2 Å². The Bertz CT molecular complexity index is 290. The summed E-state index contributed by atoms with van der Waals surface area (Å²) in [5.41, 5.74) is 0.862. The molecule has 0 amide bonds. The first kappa shape index (κ1) is 10.8. The summed E-state index contributed by atoms with van der Waals surface area (Å²) in [7, 11) is 0. The van der Waals surface area contributed by atoms with Gasteiger partial charge in [0.2, 0.25) is 0 Å². The Balaban J connectivity index is 1.69. The van der Waals surface area contributed by atoms with E-state index in [4.69, 9.17) is 0 Å². The molecule has 0 saturated heterocycles. The Kier molecular flexibility index (Phi) is 2.27. The van der Waals surface area contributed by atoms with Crippen LogP contribution in [-0.2, 0) is 0 Å². The number of allylic oxidation sites excluding steroid dienone is 1. The molecule has 1 unspecified atom stereocenters. The zero-order chi connectivity index (χ0) is 11.4. The van der Waals surface area contributed by atoms with Gasteiger partial charge in [-0.25, -0.2) is 0 Å². The van der Waals surface area contributed by atoms with Crippen molar-refractivity contribution in [1.82, 2.24) is 5.32 Å². The Hall–Kier alpha value is -0.300. The van der Waals surface area contributed by atoms with Gasteiger partial charge in [-0.05, 0) is 70.1 Å². The van der Waals surface area contributed by atoms with Crippen molar-refractivity contribution in [2.45, 2.75) is 64.5 Å². The van der Waals surface area contributed by atoms with E-state index in [0.717, 1.165) is 11.8 Å². The van der Waals surface area contributed by atoms with Crippen molar-refractivity contribution >= 4 is 0 Å². The highest BCUT2D eigenvalue weighted by molar-refractivity contribution is 5.22. The van der Waals surface area contributed by atoms with Crippen molar-refractivity contribution in [3.05, 3.63) is 12.2 Å². The minimum absolute atomic E-state index is 0.248. The predicted octanol–water partition coefficient (Wildman–Crippen LogP) is 3.51. The van der Waals surface area contributed by atoms with Crippen LogP contribution in [0.25, 0.3) is 0 Å². The first-order valence-electron chi connectivity index (χ1n) is 6.97. The van der Waals surface area contributed by atoms with Crippen LogP contribution in [0, 0.1) is 17.3 Å². The third-order valence-corrected chi connectivity index (χ3v) is 4.51. The molecule has 2 fully saturated rings. The molecule has 1 nitrogen and oxygen atoms in total. The number of rotatable bonds is 3. The molecule has 2 saturated carbocycles. The molecule has 3 aliphatic carbocycles. The summed E-state index contributed by atoms with van der Waals surface area (Å²) < 4.78 is 0. The summed E-state index contributed by atoms with van der Waals surface area (Å²) in [4.78, 5) is 0. The monoisotopic (exact) mass is 219 g/mol. The van der Waals surface area contributed by atoms with Gasteiger partial charge in [-0.15, -0.1) is 0 Å². The van der Waals surface area contributed by atoms with Crippen LogP contribution in [0.15, 0.2) is 12.2 Å². The van der Waals surface area contributed by atoms with Crippen LogP contribution in [0.5, 0.6) is 0 Å². The third-order valence-electron chi connectivity index (χ3n) is 4.51. The van der Waals surface area contributed by atoms with Crippen LogP contribution in [0.3, 0.4) is 0 Å². The van der Waals surface area contributed by atoms with E-state index in [9.17, 15) is 0 Å². The van der Waals surface area contributed by atoms with Crippen LogP contribution >= 0.6 is 0 Å². The highest BCUT2D eigenvalue weighted by Gasteiger charge is 2.54. The second-order valence-electron chi connectivity index (χ2n) is 7.22. The van der Waals surface area contributed by atoms with Gasteiger partial charge in [0.15, 0.2) is 0 Å². The van der Waals surface area contributed by atoms with E-state index >= 15 is 0 Å². The maximum atomic E-state index is 3.75. The zero-order valence-electron chi connectivity index (χ0n) is 10.9. The fraction of sp³-hybridized carbons (Fsp3) is 0.867. The van der Waals surface area contributed by atoms with Gasteiger partial charge in [-0.2, -0.15) is 0 Å². The molecule has 3 rings (SSSR count). The first-order chi connectivity index (χ1) is 7.50. The van der Waals surface area contributed by atoms with Gasteiger partial charge in [0.25, 0.3) is 0 Å². The average molecular weight is 219 g/mol. The maximum absolute atomic E-state index is 3.75. The minimum Gasteiger partial charge on any atom is -0.306 e. The Morgan fingerprint density at radius 1 is 1.06 bits per heavy atom. The molecule has 0 bridgehead atoms. The summed E-state index contributed by atoms with van der Waals surface area (Å²) in [5, 5.41) is 3.75. The van der Waals surface area contributed by atoms with E-state index in [-0.39, 0.29) is 5.54 Å². The molecule has 0 aromatic carbocycles. The normalized spacial score (nSPS) is 33.3. The lowest BCUT2D eigenvalue weighted by Gasteiger charge is -2.32. The van der Waals surface area contributed by atoms with Crippen LogP contribution in [0.4, 0.5) is 0 Å². The molecule has 3 aliphatic rings. The lowest BCUT2D eigenvalue weighted by Crippen LogP contribution is -2.43. The molecule has 1 N–H and O–H groups in total. The SMILES string of the molecule is CC(C)(C)NC1C=CC(C2CC2)(C2CC2)C1. The zero-order valence-corrected chi connectivity index (χ0v) is 10.9. The molecule has 0 heterocycles. The van der Waals surface area contributed by atoms with E-state index < -0.39 is 0 Å².